The largest absolute Gasteiger partial charge is 0.457 e. The number of benzene rings is 1. The van der Waals surface area contributed by atoms with Gasteiger partial charge in [0.05, 0.1) is 12.2 Å². The third-order valence-corrected chi connectivity index (χ3v) is 8.56. The van der Waals surface area contributed by atoms with Crippen molar-refractivity contribution in [3.8, 4) is 0 Å². The topological polar surface area (TPSA) is 102 Å². The summed E-state index contributed by atoms with van der Waals surface area (Å²) >= 11 is 0. The number of hydrogen-bond donors (Lipinski definition) is 2. The molecule has 1 saturated heterocycles. The third-order valence-electron chi connectivity index (χ3n) is 8.56. The fourth-order valence-corrected chi connectivity index (χ4v) is 5.92. The van der Waals surface area contributed by atoms with Crippen molar-refractivity contribution in [3.05, 3.63) is 48.0 Å². The van der Waals surface area contributed by atoms with Crippen LogP contribution in [0.25, 0.3) is 0 Å². The minimum Gasteiger partial charge on any atom is -0.457 e. The van der Waals surface area contributed by atoms with Crippen molar-refractivity contribution in [2.24, 2.45) is 17.8 Å². The van der Waals surface area contributed by atoms with Gasteiger partial charge in [-0.25, -0.2) is 8.78 Å². The Morgan fingerprint density at radius 3 is 2.58 bits per heavy atom. The second-order valence-electron chi connectivity index (χ2n) is 12.4. The zero-order valence-electron chi connectivity index (χ0n) is 25.7. The summed E-state index contributed by atoms with van der Waals surface area (Å²) < 4.78 is 46.4. The molecule has 0 amide bonds. The fourth-order valence-electron chi connectivity index (χ4n) is 5.92. The molecule has 242 valence electrons. The van der Waals surface area contributed by atoms with Crippen molar-refractivity contribution in [2.45, 2.75) is 121 Å². The number of halogens is 2. The molecule has 9 heteroatoms. The molecule has 6 atom stereocenters. The number of hydrogen-bond acceptors (Lipinski definition) is 7. The summed E-state index contributed by atoms with van der Waals surface area (Å²) in [5.41, 5.74) is 0.499. The molecule has 2 N–H and O–H groups in total. The molecule has 1 aromatic carbocycles. The molecule has 1 saturated carbocycles. The van der Waals surface area contributed by atoms with Crippen LogP contribution in [0.1, 0.15) is 101 Å². The van der Waals surface area contributed by atoms with Crippen LogP contribution >= 0.6 is 0 Å². The molecule has 1 aromatic rings. The Balaban J connectivity index is 1.48. The average Bonchev–Trinajstić information content (AvgIpc) is 3.29. The fraction of sp³-hybridized carbons (Fsp3) is 0.706. The molecule has 1 aliphatic carbocycles. The van der Waals surface area contributed by atoms with Gasteiger partial charge in [-0.3, -0.25) is 9.59 Å². The summed E-state index contributed by atoms with van der Waals surface area (Å²) in [5, 5.41) is 21.3. The lowest BCUT2D eigenvalue weighted by Crippen LogP contribution is -2.36. The number of ketones is 1. The lowest BCUT2D eigenvalue weighted by atomic mass is 9.85. The van der Waals surface area contributed by atoms with Gasteiger partial charge in [-0.05, 0) is 75.5 Å². The van der Waals surface area contributed by atoms with Crippen LogP contribution in [0.15, 0.2) is 42.5 Å². The van der Waals surface area contributed by atoms with E-state index >= 15 is 0 Å². The van der Waals surface area contributed by atoms with Crippen LogP contribution in [0.5, 0.6) is 0 Å². The Kier molecular flexibility index (Phi) is 14.7. The first-order chi connectivity index (χ1) is 20.6. The molecule has 1 aliphatic heterocycles. The van der Waals surface area contributed by atoms with E-state index in [9.17, 15) is 28.6 Å². The third kappa shape index (κ3) is 12.0. The lowest BCUT2D eigenvalue weighted by Gasteiger charge is -2.31. The number of unbranched alkanes of at least 4 members (excludes halogenated alkanes) is 1. The van der Waals surface area contributed by atoms with E-state index in [4.69, 9.17) is 14.2 Å². The number of aliphatic hydroxyl groups excluding tert-OH is 2. The zero-order valence-corrected chi connectivity index (χ0v) is 25.7. The minimum atomic E-state index is -3.16. The monoisotopic (exact) mass is 608 g/mol. The van der Waals surface area contributed by atoms with E-state index in [1.165, 1.54) is 0 Å². The van der Waals surface area contributed by atoms with E-state index in [-0.39, 0.29) is 61.8 Å². The highest BCUT2D eigenvalue weighted by Crippen LogP contribution is 2.42. The van der Waals surface area contributed by atoms with Crippen LogP contribution in [-0.4, -0.2) is 65.7 Å². The molecule has 0 bridgehead atoms. The SMILES string of the molecule is CC(C)CCC(F)(F)C(O)CC[C@@H]1[C@@H](CC=CCCCC(=O)OCC(=O)c2ccccc2)[C@@H](O)C[C@H]1OC1CCCCO1. The van der Waals surface area contributed by atoms with Crippen LogP contribution in [0.4, 0.5) is 8.78 Å². The summed E-state index contributed by atoms with van der Waals surface area (Å²) in [5.74, 6) is -4.11. The van der Waals surface area contributed by atoms with Crippen molar-refractivity contribution >= 4 is 11.8 Å². The van der Waals surface area contributed by atoms with Gasteiger partial charge in [0.15, 0.2) is 18.7 Å². The minimum absolute atomic E-state index is 0.0665. The van der Waals surface area contributed by atoms with Gasteiger partial charge in [0.1, 0.15) is 6.10 Å². The number of ether oxygens (including phenoxy) is 3. The second-order valence-corrected chi connectivity index (χ2v) is 12.4. The molecule has 43 heavy (non-hydrogen) atoms. The van der Waals surface area contributed by atoms with Crippen molar-refractivity contribution in [1.29, 1.82) is 0 Å². The molecule has 2 fully saturated rings. The van der Waals surface area contributed by atoms with E-state index in [0.29, 0.717) is 50.7 Å². The number of carbonyl (C=O) groups excluding carboxylic acids is 2. The van der Waals surface area contributed by atoms with Crippen molar-refractivity contribution in [2.75, 3.05) is 13.2 Å². The normalized spacial score (nSPS) is 25.3. The molecule has 0 aromatic heterocycles. The first kappa shape index (κ1) is 35.3. The van der Waals surface area contributed by atoms with Crippen LogP contribution in [0.2, 0.25) is 0 Å². The van der Waals surface area contributed by atoms with E-state index < -0.39 is 24.1 Å². The van der Waals surface area contributed by atoms with Crippen LogP contribution in [-0.2, 0) is 19.0 Å². The maximum atomic E-state index is 14.6. The number of allylic oxidation sites excluding steroid dienone is 2. The highest BCUT2D eigenvalue weighted by molar-refractivity contribution is 5.97. The van der Waals surface area contributed by atoms with Crippen LogP contribution in [0.3, 0.4) is 0 Å². The Hall–Kier alpha value is -2.20. The summed E-state index contributed by atoms with van der Waals surface area (Å²) in [6.07, 6.45) is 6.08. The van der Waals surface area contributed by atoms with E-state index in [0.717, 1.165) is 19.3 Å². The number of Topliss-reactive ketones (excluding diaryl/α,β-unsaturated/α-hetero) is 1. The highest BCUT2D eigenvalue weighted by Gasteiger charge is 2.45. The van der Waals surface area contributed by atoms with Crippen molar-refractivity contribution in [1.82, 2.24) is 0 Å². The van der Waals surface area contributed by atoms with Gasteiger partial charge in [0.2, 0.25) is 0 Å². The summed E-state index contributed by atoms with van der Waals surface area (Å²) in [4.78, 5) is 24.1. The predicted octanol–water partition coefficient (Wildman–Crippen LogP) is 6.65. The maximum absolute atomic E-state index is 14.6. The first-order valence-electron chi connectivity index (χ1n) is 16.0. The van der Waals surface area contributed by atoms with E-state index in [1.54, 1.807) is 24.3 Å². The van der Waals surface area contributed by atoms with E-state index in [2.05, 4.69) is 0 Å². The molecule has 0 radical (unpaired) electrons. The molecule has 2 aliphatic rings. The molecule has 7 nitrogen and oxygen atoms in total. The number of carbonyl (C=O) groups is 2. The van der Waals surface area contributed by atoms with Crippen LogP contribution < -0.4 is 0 Å². The zero-order chi connectivity index (χ0) is 31.2. The van der Waals surface area contributed by atoms with Crippen molar-refractivity contribution < 1.29 is 42.8 Å². The quantitative estimate of drug-likeness (QED) is 0.0833. The Morgan fingerprint density at radius 1 is 1.12 bits per heavy atom. The molecule has 1 heterocycles. The van der Waals surface area contributed by atoms with Gasteiger partial charge in [0.25, 0.3) is 5.92 Å². The van der Waals surface area contributed by atoms with Crippen LogP contribution in [0, 0.1) is 17.8 Å². The van der Waals surface area contributed by atoms with Gasteiger partial charge in [-0.1, -0.05) is 56.3 Å². The molecule has 0 spiro atoms. The number of aliphatic hydroxyl groups is 2. The molecular weight excluding hydrogens is 558 g/mol. The van der Waals surface area contributed by atoms with Gasteiger partial charge in [-0.2, -0.15) is 0 Å². The Bertz CT molecular complexity index is 994. The summed E-state index contributed by atoms with van der Waals surface area (Å²) in [6.45, 7) is 4.11. The number of esters is 1. The van der Waals surface area contributed by atoms with Gasteiger partial charge in [0, 0.05) is 31.4 Å². The highest BCUT2D eigenvalue weighted by atomic mass is 19.3. The molecule has 2 unspecified atom stereocenters. The number of rotatable bonds is 18. The smallest absolute Gasteiger partial charge is 0.306 e. The standard InChI is InChI=1S/C34H50F2O7/c1-24(2)19-20-34(35,36)31(39)18-17-27-26(28(37)22-30(27)43-33-16-10-11-21-41-33)14-8-3-4-9-15-32(40)42-23-29(38)25-12-6-5-7-13-25/h3,5-8,12-13,24,26-28,30-31,33,37,39H,4,9-11,14-23H2,1-2H3/t26-,27-,28+,30-,31?,33?/m1/s1. The predicted molar refractivity (Wildman–Crippen MR) is 160 cm³/mol. The van der Waals surface area contributed by atoms with Crippen molar-refractivity contribution in [3.63, 3.8) is 0 Å². The Morgan fingerprint density at radius 2 is 1.88 bits per heavy atom. The maximum Gasteiger partial charge on any atom is 0.306 e. The van der Waals surface area contributed by atoms with Gasteiger partial charge in [-0.15, -0.1) is 0 Å². The second kappa shape index (κ2) is 17.9. The lowest BCUT2D eigenvalue weighted by molar-refractivity contribution is -0.197. The average molecular weight is 609 g/mol. The summed E-state index contributed by atoms with van der Waals surface area (Å²) in [7, 11) is 0. The molecule has 3 rings (SSSR count). The summed E-state index contributed by atoms with van der Waals surface area (Å²) in [6, 6.07) is 8.67. The van der Waals surface area contributed by atoms with E-state index in [1.807, 2.05) is 32.1 Å². The molecular formula is C34H50F2O7. The number of alkyl halides is 2. The van der Waals surface area contributed by atoms with Gasteiger partial charge < -0.3 is 24.4 Å². The first-order valence-corrected chi connectivity index (χ1v) is 16.0. The Labute approximate surface area is 255 Å². The van der Waals surface area contributed by atoms with Gasteiger partial charge >= 0.3 is 5.97 Å².